The van der Waals surface area contributed by atoms with Gasteiger partial charge < -0.3 is 10.6 Å². The normalized spacial score (nSPS) is 22.2. The number of fused-ring (bicyclic) bond motifs is 1. The summed E-state index contributed by atoms with van der Waals surface area (Å²) in [7, 11) is 0. The summed E-state index contributed by atoms with van der Waals surface area (Å²) in [5.74, 6) is 0.600. The van der Waals surface area contributed by atoms with E-state index in [4.69, 9.17) is 0 Å². The first-order chi connectivity index (χ1) is 13.9. The number of allylic oxidation sites excluding steroid dienone is 3. The number of pyridine rings is 1. The molecule has 1 atom stereocenters. The number of halogens is 3. The van der Waals surface area contributed by atoms with Crippen LogP contribution in [-0.2, 0) is 13.1 Å². The van der Waals surface area contributed by atoms with Gasteiger partial charge in [-0.3, -0.25) is 14.7 Å². The standard InChI is InChI=1S/C21H25F3N4O/c22-21(23,24)18-3-1-14(2-4-18)11-28-12-17-7-16(10-27-19(17)13-28)20(29)26-6-5-15-8-25-9-15/h1,3-4,7,10,14-15,25H,2,5-6,8-9,11-13H2,(H,26,29). The van der Waals surface area contributed by atoms with Crippen LogP contribution in [0.2, 0.25) is 0 Å². The highest BCUT2D eigenvalue weighted by molar-refractivity contribution is 5.94. The number of rotatable bonds is 6. The molecule has 5 nitrogen and oxygen atoms in total. The zero-order valence-corrected chi connectivity index (χ0v) is 16.1. The third-order valence-electron chi connectivity index (χ3n) is 5.80. The third-order valence-corrected chi connectivity index (χ3v) is 5.80. The summed E-state index contributed by atoms with van der Waals surface area (Å²) in [6.45, 7) is 4.70. The second-order valence-electron chi connectivity index (χ2n) is 8.08. The van der Waals surface area contributed by atoms with E-state index in [0.717, 1.165) is 30.8 Å². The fraction of sp³-hybridized carbons (Fsp3) is 0.524. The molecule has 0 aromatic carbocycles. The smallest absolute Gasteiger partial charge is 0.352 e. The van der Waals surface area contributed by atoms with E-state index in [0.29, 0.717) is 44.1 Å². The Bertz CT molecular complexity index is 830. The van der Waals surface area contributed by atoms with Crippen LogP contribution < -0.4 is 10.6 Å². The van der Waals surface area contributed by atoms with Crippen LogP contribution in [0.5, 0.6) is 0 Å². The highest BCUT2D eigenvalue weighted by atomic mass is 19.4. The van der Waals surface area contributed by atoms with Crippen molar-refractivity contribution in [3.63, 3.8) is 0 Å². The van der Waals surface area contributed by atoms with Gasteiger partial charge in [0.2, 0.25) is 0 Å². The number of nitrogens with zero attached hydrogens (tertiary/aromatic N) is 2. The van der Waals surface area contributed by atoms with Gasteiger partial charge in [-0.2, -0.15) is 13.2 Å². The SMILES string of the molecule is O=C(NCCC1CNC1)c1cnc2c(c1)CN(CC1C=CC(C(F)(F)F)=CC1)C2. The van der Waals surface area contributed by atoms with Crippen LogP contribution in [0.4, 0.5) is 13.2 Å². The molecule has 4 rings (SSSR count). The van der Waals surface area contributed by atoms with Crippen molar-refractivity contribution in [3.05, 3.63) is 52.9 Å². The molecule has 29 heavy (non-hydrogen) atoms. The molecule has 1 unspecified atom stereocenters. The maximum Gasteiger partial charge on any atom is 0.416 e. The Balaban J connectivity index is 1.28. The van der Waals surface area contributed by atoms with Gasteiger partial charge in [-0.25, -0.2) is 0 Å². The van der Waals surface area contributed by atoms with Crippen molar-refractivity contribution in [3.8, 4) is 0 Å². The molecule has 3 heterocycles. The van der Waals surface area contributed by atoms with Crippen LogP contribution in [0.3, 0.4) is 0 Å². The number of nitrogens with one attached hydrogen (secondary N) is 2. The largest absolute Gasteiger partial charge is 0.416 e. The molecular formula is C21H25F3N4O. The van der Waals surface area contributed by atoms with E-state index in [-0.39, 0.29) is 11.8 Å². The Hall–Kier alpha value is -2.19. The van der Waals surface area contributed by atoms with Crippen molar-refractivity contribution >= 4 is 5.91 Å². The van der Waals surface area contributed by atoms with Crippen molar-refractivity contribution in [2.24, 2.45) is 11.8 Å². The number of amides is 1. The van der Waals surface area contributed by atoms with E-state index >= 15 is 0 Å². The second kappa shape index (κ2) is 8.28. The molecule has 0 spiro atoms. The fourth-order valence-electron chi connectivity index (χ4n) is 3.97. The van der Waals surface area contributed by atoms with Crippen molar-refractivity contribution in [1.29, 1.82) is 0 Å². The Morgan fingerprint density at radius 2 is 2.14 bits per heavy atom. The molecule has 0 radical (unpaired) electrons. The number of carbonyl (C=O) groups is 1. The molecule has 1 saturated heterocycles. The van der Waals surface area contributed by atoms with Crippen LogP contribution in [0.15, 0.2) is 36.1 Å². The molecule has 2 aliphatic heterocycles. The van der Waals surface area contributed by atoms with E-state index < -0.39 is 11.7 Å². The molecule has 156 valence electrons. The lowest BCUT2D eigenvalue weighted by molar-refractivity contribution is -0.0887. The predicted octanol–water partition coefficient (Wildman–Crippen LogP) is 2.80. The zero-order chi connectivity index (χ0) is 20.4. The van der Waals surface area contributed by atoms with Crippen LogP contribution in [0.25, 0.3) is 0 Å². The maximum atomic E-state index is 12.7. The molecule has 2 N–H and O–H groups in total. The molecule has 1 aromatic heterocycles. The monoisotopic (exact) mass is 406 g/mol. The van der Waals surface area contributed by atoms with Crippen molar-refractivity contribution in [2.75, 3.05) is 26.2 Å². The number of hydrogen-bond acceptors (Lipinski definition) is 4. The fourth-order valence-corrected chi connectivity index (χ4v) is 3.97. The van der Waals surface area contributed by atoms with E-state index in [9.17, 15) is 18.0 Å². The summed E-state index contributed by atoms with van der Waals surface area (Å²) in [4.78, 5) is 19.0. The van der Waals surface area contributed by atoms with E-state index in [1.165, 1.54) is 12.2 Å². The quantitative estimate of drug-likeness (QED) is 0.763. The number of carbonyl (C=O) groups excluding carboxylic acids is 1. The number of hydrogen-bond donors (Lipinski definition) is 2. The van der Waals surface area contributed by atoms with Gasteiger partial charge in [0.1, 0.15) is 0 Å². The van der Waals surface area contributed by atoms with Gasteiger partial charge in [-0.15, -0.1) is 0 Å². The van der Waals surface area contributed by atoms with E-state index in [1.54, 1.807) is 12.3 Å². The average molecular weight is 406 g/mol. The first-order valence-electron chi connectivity index (χ1n) is 10.0. The molecule has 1 aromatic rings. The van der Waals surface area contributed by atoms with E-state index in [2.05, 4.69) is 20.5 Å². The van der Waals surface area contributed by atoms with Gasteiger partial charge >= 0.3 is 6.18 Å². The van der Waals surface area contributed by atoms with Crippen LogP contribution in [-0.4, -0.2) is 48.1 Å². The third kappa shape index (κ3) is 4.87. The molecular weight excluding hydrogens is 381 g/mol. The Labute approximate surface area is 168 Å². The first kappa shape index (κ1) is 20.1. The Kier molecular flexibility index (Phi) is 5.74. The summed E-state index contributed by atoms with van der Waals surface area (Å²) in [6, 6.07) is 1.89. The molecule has 3 aliphatic rings. The molecule has 1 aliphatic carbocycles. The lowest BCUT2D eigenvalue weighted by Gasteiger charge is -2.26. The van der Waals surface area contributed by atoms with Gasteiger partial charge in [0.05, 0.1) is 16.8 Å². The zero-order valence-electron chi connectivity index (χ0n) is 16.1. The van der Waals surface area contributed by atoms with Gasteiger partial charge in [-0.1, -0.05) is 18.2 Å². The van der Waals surface area contributed by atoms with Gasteiger partial charge in [0.25, 0.3) is 5.91 Å². The first-order valence-corrected chi connectivity index (χ1v) is 10.0. The van der Waals surface area contributed by atoms with Crippen molar-refractivity contribution < 1.29 is 18.0 Å². The summed E-state index contributed by atoms with van der Waals surface area (Å²) in [5.41, 5.74) is 1.96. The Morgan fingerprint density at radius 3 is 2.79 bits per heavy atom. The van der Waals surface area contributed by atoms with Crippen LogP contribution >= 0.6 is 0 Å². The summed E-state index contributed by atoms with van der Waals surface area (Å²) in [5, 5.41) is 6.17. The van der Waals surface area contributed by atoms with Gasteiger partial charge in [0, 0.05) is 32.4 Å². The van der Waals surface area contributed by atoms with Crippen molar-refractivity contribution in [1.82, 2.24) is 20.5 Å². The molecule has 0 saturated carbocycles. The maximum absolute atomic E-state index is 12.7. The van der Waals surface area contributed by atoms with Crippen molar-refractivity contribution in [2.45, 2.75) is 32.1 Å². The Morgan fingerprint density at radius 1 is 1.31 bits per heavy atom. The minimum absolute atomic E-state index is 0.0548. The predicted molar refractivity (Wildman–Crippen MR) is 103 cm³/mol. The lowest BCUT2D eigenvalue weighted by Crippen LogP contribution is -2.43. The average Bonchev–Trinajstić information content (AvgIpc) is 3.04. The van der Waals surface area contributed by atoms with Gasteiger partial charge in [0.15, 0.2) is 0 Å². The molecule has 8 heteroatoms. The highest BCUT2D eigenvalue weighted by Gasteiger charge is 2.33. The minimum atomic E-state index is -4.28. The van der Waals surface area contributed by atoms with Crippen LogP contribution in [0, 0.1) is 11.8 Å². The lowest BCUT2D eigenvalue weighted by atomic mass is 9.96. The van der Waals surface area contributed by atoms with Crippen LogP contribution in [0.1, 0.15) is 34.5 Å². The summed E-state index contributed by atoms with van der Waals surface area (Å²) < 4.78 is 38.2. The summed E-state index contributed by atoms with van der Waals surface area (Å²) in [6.07, 6.45) is 2.80. The number of aromatic nitrogens is 1. The highest BCUT2D eigenvalue weighted by Crippen LogP contribution is 2.32. The molecule has 0 bridgehead atoms. The molecule has 1 fully saturated rings. The number of alkyl halides is 3. The topological polar surface area (TPSA) is 57.3 Å². The summed E-state index contributed by atoms with van der Waals surface area (Å²) >= 11 is 0. The van der Waals surface area contributed by atoms with E-state index in [1.807, 2.05) is 6.07 Å². The van der Waals surface area contributed by atoms with Gasteiger partial charge in [-0.05, 0) is 49.4 Å². The minimum Gasteiger partial charge on any atom is -0.352 e. The molecule has 1 amide bonds. The second-order valence-corrected chi connectivity index (χ2v) is 8.08.